The average Bonchev–Trinajstić information content (AvgIpc) is 2.12. The quantitative estimate of drug-likeness (QED) is 0.791. The van der Waals surface area contributed by atoms with Crippen LogP contribution >= 0.6 is 0 Å². The van der Waals surface area contributed by atoms with Crippen molar-refractivity contribution in [3.63, 3.8) is 0 Å². The Morgan fingerprint density at radius 2 is 1.94 bits per heavy atom. The number of hydrogen-bond donors (Lipinski definition) is 2. The van der Waals surface area contributed by atoms with Crippen LogP contribution in [-0.4, -0.2) is 40.6 Å². The molecular weight excluding hydrogens is 232 g/mol. The molecule has 104 valence electrons. The van der Waals surface area contributed by atoms with Crippen LogP contribution in [0.2, 0.25) is 0 Å². The van der Waals surface area contributed by atoms with E-state index in [1.165, 1.54) is 19.3 Å². The Balaban J connectivity index is 2.46. The number of carboxylic acid groups (broad SMARTS) is 1. The number of aliphatic carboxylic acids is 1. The highest BCUT2D eigenvalue weighted by Crippen LogP contribution is 2.25. The van der Waals surface area contributed by atoms with Crippen LogP contribution in [0.25, 0.3) is 0 Å². The first-order chi connectivity index (χ1) is 8.30. The first-order valence-electron chi connectivity index (χ1n) is 6.58. The summed E-state index contributed by atoms with van der Waals surface area (Å²) in [7, 11) is 0. The lowest BCUT2D eigenvalue weighted by atomic mass is 9.85. The second-order valence-electron chi connectivity index (χ2n) is 5.95. The first kappa shape index (κ1) is 14.8. The highest BCUT2D eigenvalue weighted by Gasteiger charge is 2.27. The van der Waals surface area contributed by atoms with E-state index in [9.17, 15) is 9.59 Å². The number of nitrogens with zero attached hydrogens (tertiary/aromatic N) is 1. The SMILES string of the molecule is CC(C)(C)N(CCC(=O)O)C(=O)NCC1CCC1. The molecule has 2 amide bonds. The summed E-state index contributed by atoms with van der Waals surface area (Å²) in [6.07, 6.45) is 3.60. The smallest absolute Gasteiger partial charge is 0.317 e. The minimum Gasteiger partial charge on any atom is -0.481 e. The molecule has 1 rings (SSSR count). The summed E-state index contributed by atoms with van der Waals surface area (Å²) in [5.74, 6) is -0.272. The summed E-state index contributed by atoms with van der Waals surface area (Å²) >= 11 is 0. The molecule has 0 aromatic heterocycles. The lowest BCUT2D eigenvalue weighted by Gasteiger charge is -2.36. The van der Waals surface area contributed by atoms with E-state index < -0.39 is 5.97 Å². The van der Waals surface area contributed by atoms with E-state index in [1.807, 2.05) is 20.8 Å². The lowest BCUT2D eigenvalue weighted by molar-refractivity contribution is -0.137. The normalized spacial score (nSPS) is 15.9. The minimum absolute atomic E-state index is 0.0197. The van der Waals surface area contributed by atoms with Gasteiger partial charge in [0.05, 0.1) is 6.42 Å². The molecule has 0 aliphatic heterocycles. The molecular formula is C13H24N2O3. The summed E-state index contributed by atoms with van der Waals surface area (Å²) < 4.78 is 0. The fourth-order valence-electron chi connectivity index (χ4n) is 1.97. The van der Waals surface area contributed by atoms with Crippen molar-refractivity contribution in [3.8, 4) is 0 Å². The van der Waals surface area contributed by atoms with Gasteiger partial charge in [-0.25, -0.2) is 4.79 Å². The van der Waals surface area contributed by atoms with Gasteiger partial charge in [-0.05, 0) is 39.5 Å². The van der Waals surface area contributed by atoms with Crippen molar-refractivity contribution in [2.45, 2.75) is 52.0 Å². The average molecular weight is 256 g/mol. The molecule has 0 radical (unpaired) electrons. The van der Waals surface area contributed by atoms with Crippen LogP contribution in [0.3, 0.4) is 0 Å². The standard InChI is InChI=1S/C13H24N2O3/c1-13(2,3)15(8-7-11(16)17)12(18)14-9-10-5-4-6-10/h10H,4-9H2,1-3H3,(H,14,18)(H,16,17). The van der Waals surface area contributed by atoms with Crippen LogP contribution in [-0.2, 0) is 4.79 Å². The molecule has 1 aliphatic carbocycles. The predicted octanol–water partition coefficient (Wildman–Crippen LogP) is 2.07. The van der Waals surface area contributed by atoms with Crippen LogP contribution in [0.1, 0.15) is 46.5 Å². The van der Waals surface area contributed by atoms with E-state index in [4.69, 9.17) is 5.11 Å². The van der Waals surface area contributed by atoms with Crippen molar-refractivity contribution in [1.29, 1.82) is 0 Å². The van der Waals surface area contributed by atoms with Gasteiger partial charge in [0, 0.05) is 18.6 Å². The van der Waals surface area contributed by atoms with Gasteiger partial charge in [0.1, 0.15) is 0 Å². The topological polar surface area (TPSA) is 69.6 Å². The van der Waals surface area contributed by atoms with E-state index in [0.717, 1.165) is 0 Å². The summed E-state index contributed by atoms with van der Waals surface area (Å²) in [6, 6.07) is -0.157. The van der Waals surface area contributed by atoms with E-state index >= 15 is 0 Å². The number of carboxylic acids is 1. The van der Waals surface area contributed by atoms with Gasteiger partial charge < -0.3 is 15.3 Å². The third-order valence-corrected chi connectivity index (χ3v) is 3.37. The maximum Gasteiger partial charge on any atom is 0.317 e. The Labute approximate surface area is 109 Å². The molecule has 0 atom stereocenters. The Kier molecular flexibility index (Phi) is 4.99. The first-order valence-corrected chi connectivity index (χ1v) is 6.58. The molecule has 1 saturated carbocycles. The van der Waals surface area contributed by atoms with Gasteiger partial charge in [-0.15, -0.1) is 0 Å². The van der Waals surface area contributed by atoms with E-state index in [-0.39, 0.29) is 24.5 Å². The zero-order valence-corrected chi connectivity index (χ0v) is 11.5. The van der Waals surface area contributed by atoms with Gasteiger partial charge in [0.2, 0.25) is 0 Å². The molecule has 0 saturated heterocycles. The molecule has 1 aliphatic rings. The monoisotopic (exact) mass is 256 g/mol. The summed E-state index contributed by atoms with van der Waals surface area (Å²) in [4.78, 5) is 24.3. The second-order valence-corrected chi connectivity index (χ2v) is 5.95. The largest absolute Gasteiger partial charge is 0.481 e. The molecule has 0 spiro atoms. The molecule has 1 fully saturated rings. The van der Waals surface area contributed by atoms with Gasteiger partial charge in [-0.2, -0.15) is 0 Å². The fraction of sp³-hybridized carbons (Fsp3) is 0.846. The fourth-order valence-corrected chi connectivity index (χ4v) is 1.97. The molecule has 0 unspecified atom stereocenters. The van der Waals surface area contributed by atoms with Crippen LogP contribution in [0, 0.1) is 5.92 Å². The summed E-state index contributed by atoms with van der Waals surface area (Å²) in [6.45, 7) is 6.70. The number of carbonyl (C=O) groups excluding carboxylic acids is 1. The molecule has 5 nitrogen and oxygen atoms in total. The maximum absolute atomic E-state index is 12.1. The second kappa shape index (κ2) is 6.07. The zero-order chi connectivity index (χ0) is 13.8. The van der Waals surface area contributed by atoms with E-state index in [2.05, 4.69) is 5.32 Å². The Morgan fingerprint density at radius 1 is 1.33 bits per heavy atom. The van der Waals surface area contributed by atoms with Crippen molar-refractivity contribution in [3.05, 3.63) is 0 Å². The number of carbonyl (C=O) groups is 2. The van der Waals surface area contributed by atoms with Crippen molar-refractivity contribution in [1.82, 2.24) is 10.2 Å². The molecule has 2 N–H and O–H groups in total. The molecule has 0 aromatic rings. The highest BCUT2D eigenvalue weighted by molar-refractivity contribution is 5.76. The Morgan fingerprint density at radius 3 is 2.33 bits per heavy atom. The molecule has 0 heterocycles. The third kappa shape index (κ3) is 4.55. The van der Waals surface area contributed by atoms with Gasteiger partial charge in [0.25, 0.3) is 0 Å². The van der Waals surface area contributed by atoms with Crippen molar-refractivity contribution in [2.24, 2.45) is 5.92 Å². The van der Waals surface area contributed by atoms with Crippen LogP contribution in [0.4, 0.5) is 4.79 Å². The summed E-state index contributed by atoms with van der Waals surface area (Å²) in [5.41, 5.74) is -0.362. The maximum atomic E-state index is 12.1. The number of urea groups is 1. The van der Waals surface area contributed by atoms with Gasteiger partial charge in [-0.1, -0.05) is 6.42 Å². The predicted molar refractivity (Wildman–Crippen MR) is 69.5 cm³/mol. The van der Waals surface area contributed by atoms with Crippen LogP contribution < -0.4 is 5.32 Å². The number of nitrogens with one attached hydrogen (secondary N) is 1. The Hall–Kier alpha value is -1.26. The van der Waals surface area contributed by atoms with Crippen molar-refractivity contribution >= 4 is 12.0 Å². The number of amides is 2. The molecule has 0 aromatic carbocycles. The molecule has 0 bridgehead atoms. The van der Waals surface area contributed by atoms with Crippen molar-refractivity contribution < 1.29 is 14.7 Å². The van der Waals surface area contributed by atoms with Crippen LogP contribution in [0.15, 0.2) is 0 Å². The third-order valence-electron chi connectivity index (χ3n) is 3.37. The Bertz CT molecular complexity index is 306. The molecule has 5 heteroatoms. The van der Waals surface area contributed by atoms with E-state index in [1.54, 1.807) is 4.90 Å². The number of rotatable bonds is 5. The van der Waals surface area contributed by atoms with Gasteiger partial charge in [0.15, 0.2) is 0 Å². The highest BCUT2D eigenvalue weighted by atomic mass is 16.4. The lowest BCUT2D eigenvalue weighted by Crippen LogP contribution is -2.52. The van der Waals surface area contributed by atoms with Gasteiger partial charge >= 0.3 is 12.0 Å². The van der Waals surface area contributed by atoms with Gasteiger partial charge in [-0.3, -0.25) is 4.79 Å². The minimum atomic E-state index is -0.879. The summed E-state index contributed by atoms with van der Waals surface area (Å²) in [5, 5.41) is 11.6. The zero-order valence-electron chi connectivity index (χ0n) is 11.5. The van der Waals surface area contributed by atoms with Crippen molar-refractivity contribution in [2.75, 3.05) is 13.1 Å². The van der Waals surface area contributed by atoms with E-state index in [0.29, 0.717) is 12.5 Å². The molecule has 18 heavy (non-hydrogen) atoms. The number of hydrogen-bond acceptors (Lipinski definition) is 2. The van der Waals surface area contributed by atoms with Crippen LogP contribution in [0.5, 0.6) is 0 Å².